The minimum absolute atomic E-state index is 0. The molecule has 0 bridgehead atoms. The molecule has 1 aromatic rings. The Balaban J connectivity index is 0.00000361. The number of carbonyl (C=O) groups is 2. The highest BCUT2D eigenvalue weighted by Crippen LogP contribution is 2.14. The molecule has 0 aliphatic heterocycles. The molecule has 0 unspecified atom stereocenters. The molecule has 0 aliphatic carbocycles. The summed E-state index contributed by atoms with van der Waals surface area (Å²) in [6.07, 6.45) is 0. The molecule has 112 valence electrons. The lowest BCUT2D eigenvalue weighted by Gasteiger charge is -2.15. The summed E-state index contributed by atoms with van der Waals surface area (Å²) in [6.45, 7) is 3.50. The van der Waals surface area contributed by atoms with E-state index in [1.54, 1.807) is 12.1 Å². The Hall–Kier alpha value is -1.79. The van der Waals surface area contributed by atoms with Crippen molar-refractivity contribution in [3.63, 3.8) is 0 Å². The predicted molar refractivity (Wildman–Crippen MR) is 79.8 cm³/mol. The van der Waals surface area contributed by atoms with Crippen LogP contribution < -0.4 is 16.4 Å². The zero-order valence-corrected chi connectivity index (χ0v) is 12.2. The average Bonchev–Trinajstić information content (AvgIpc) is 2.34. The standard InChI is InChI=1S/C13H19N3O3.ClH/c1-8(2)12(14)13(19)15-7-11(18)16-9-4-3-5-10(17)6-9;/h3-6,8,12,17H,7,14H2,1-2H3,(H,15,19)(H,16,18);1H/t12-;/m0./s1. The second-order valence-corrected chi connectivity index (χ2v) is 4.59. The van der Waals surface area contributed by atoms with Gasteiger partial charge in [0.25, 0.3) is 0 Å². The topological polar surface area (TPSA) is 104 Å². The Morgan fingerprint density at radius 2 is 2.00 bits per heavy atom. The SMILES string of the molecule is CC(C)[C@H](N)C(=O)NCC(=O)Nc1cccc(O)c1.Cl. The number of nitrogens with two attached hydrogens (primary N) is 1. The van der Waals surface area contributed by atoms with Gasteiger partial charge in [-0.25, -0.2) is 0 Å². The number of anilines is 1. The van der Waals surface area contributed by atoms with E-state index in [0.29, 0.717) is 5.69 Å². The number of halogens is 1. The van der Waals surface area contributed by atoms with Crippen molar-refractivity contribution in [3.8, 4) is 5.75 Å². The van der Waals surface area contributed by atoms with E-state index in [9.17, 15) is 14.7 Å². The van der Waals surface area contributed by atoms with Gasteiger partial charge in [0.2, 0.25) is 11.8 Å². The molecule has 0 fully saturated rings. The molecule has 6 nitrogen and oxygen atoms in total. The maximum Gasteiger partial charge on any atom is 0.243 e. The Bertz CT molecular complexity index is 466. The van der Waals surface area contributed by atoms with Crippen molar-refractivity contribution >= 4 is 29.9 Å². The lowest BCUT2D eigenvalue weighted by molar-refractivity contribution is -0.125. The van der Waals surface area contributed by atoms with Crippen molar-refractivity contribution in [1.29, 1.82) is 0 Å². The quantitative estimate of drug-likeness (QED) is 0.647. The highest BCUT2D eigenvalue weighted by atomic mass is 35.5. The van der Waals surface area contributed by atoms with Gasteiger partial charge in [-0.2, -0.15) is 0 Å². The van der Waals surface area contributed by atoms with Crippen LogP contribution in [0, 0.1) is 5.92 Å². The van der Waals surface area contributed by atoms with Crippen LogP contribution in [0.2, 0.25) is 0 Å². The smallest absolute Gasteiger partial charge is 0.243 e. The maximum atomic E-state index is 11.6. The Labute approximate surface area is 124 Å². The molecule has 0 spiro atoms. The molecule has 1 rings (SSSR count). The predicted octanol–water partition coefficient (Wildman–Crippen LogP) is 0.852. The summed E-state index contributed by atoms with van der Waals surface area (Å²) >= 11 is 0. The van der Waals surface area contributed by atoms with Gasteiger partial charge < -0.3 is 21.5 Å². The fraction of sp³-hybridized carbons (Fsp3) is 0.385. The Morgan fingerprint density at radius 3 is 2.55 bits per heavy atom. The number of carbonyl (C=O) groups excluding carboxylic acids is 2. The zero-order valence-electron chi connectivity index (χ0n) is 11.4. The van der Waals surface area contributed by atoms with Crippen molar-refractivity contribution in [1.82, 2.24) is 5.32 Å². The van der Waals surface area contributed by atoms with Crippen LogP contribution >= 0.6 is 12.4 Å². The third-order valence-electron chi connectivity index (χ3n) is 2.57. The second kappa shape index (κ2) is 8.39. The molecule has 0 saturated carbocycles. The van der Waals surface area contributed by atoms with Crippen molar-refractivity contribution < 1.29 is 14.7 Å². The van der Waals surface area contributed by atoms with E-state index in [2.05, 4.69) is 10.6 Å². The minimum Gasteiger partial charge on any atom is -0.508 e. The van der Waals surface area contributed by atoms with Crippen LogP contribution in [0.1, 0.15) is 13.8 Å². The van der Waals surface area contributed by atoms with Gasteiger partial charge in [-0.1, -0.05) is 19.9 Å². The highest BCUT2D eigenvalue weighted by Gasteiger charge is 2.17. The molecule has 7 heteroatoms. The number of aromatic hydroxyl groups is 1. The molecule has 0 radical (unpaired) electrons. The lowest BCUT2D eigenvalue weighted by Crippen LogP contribution is -2.46. The largest absolute Gasteiger partial charge is 0.508 e. The van der Waals surface area contributed by atoms with Gasteiger partial charge in [0.1, 0.15) is 5.75 Å². The third-order valence-corrected chi connectivity index (χ3v) is 2.57. The molecule has 1 aromatic carbocycles. The summed E-state index contributed by atoms with van der Waals surface area (Å²) in [5.41, 5.74) is 6.11. The van der Waals surface area contributed by atoms with E-state index in [1.165, 1.54) is 12.1 Å². The van der Waals surface area contributed by atoms with E-state index < -0.39 is 6.04 Å². The number of phenols is 1. The summed E-state index contributed by atoms with van der Waals surface area (Å²) in [5, 5.41) is 14.3. The summed E-state index contributed by atoms with van der Waals surface area (Å²) in [6, 6.07) is 5.53. The van der Waals surface area contributed by atoms with Gasteiger partial charge >= 0.3 is 0 Å². The summed E-state index contributed by atoms with van der Waals surface area (Å²) < 4.78 is 0. The van der Waals surface area contributed by atoms with Gasteiger partial charge in [0, 0.05) is 11.8 Å². The highest BCUT2D eigenvalue weighted by molar-refractivity contribution is 5.95. The Kier molecular flexibility index (Phi) is 7.64. The summed E-state index contributed by atoms with van der Waals surface area (Å²) in [4.78, 5) is 23.1. The van der Waals surface area contributed by atoms with Gasteiger partial charge in [0.05, 0.1) is 12.6 Å². The summed E-state index contributed by atoms with van der Waals surface area (Å²) in [7, 11) is 0. The van der Waals surface area contributed by atoms with E-state index in [4.69, 9.17) is 5.73 Å². The zero-order chi connectivity index (χ0) is 14.4. The first-order valence-corrected chi connectivity index (χ1v) is 6.02. The molecule has 20 heavy (non-hydrogen) atoms. The van der Waals surface area contributed by atoms with Crippen LogP contribution in [0.15, 0.2) is 24.3 Å². The minimum atomic E-state index is -0.631. The first-order chi connectivity index (χ1) is 8.90. The molecule has 5 N–H and O–H groups in total. The lowest BCUT2D eigenvalue weighted by atomic mass is 10.1. The maximum absolute atomic E-state index is 11.6. The monoisotopic (exact) mass is 301 g/mol. The fourth-order valence-corrected chi connectivity index (χ4v) is 1.38. The van der Waals surface area contributed by atoms with E-state index in [-0.39, 0.29) is 42.4 Å². The summed E-state index contributed by atoms with van der Waals surface area (Å²) in [5.74, 6) is -0.672. The molecule has 0 aromatic heterocycles. The van der Waals surface area contributed by atoms with Crippen molar-refractivity contribution in [2.24, 2.45) is 11.7 Å². The molecule has 1 atom stereocenters. The van der Waals surface area contributed by atoms with E-state index >= 15 is 0 Å². The number of phenolic OH excluding ortho intramolecular Hbond substituents is 1. The van der Waals surface area contributed by atoms with Crippen LogP contribution in [-0.4, -0.2) is 29.5 Å². The average molecular weight is 302 g/mol. The second-order valence-electron chi connectivity index (χ2n) is 4.59. The number of rotatable bonds is 5. The van der Waals surface area contributed by atoms with Crippen LogP contribution in [0.4, 0.5) is 5.69 Å². The first-order valence-electron chi connectivity index (χ1n) is 6.02. The van der Waals surface area contributed by atoms with Gasteiger partial charge in [-0.3, -0.25) is 9.59 Å². The Morgan fingerprint density at radius 1 is 1.35 bits per heavy atom. The van der Waals surface area contributed by atoms with Crippen LogP contribution in [0.25, 0.3) is 0 Å². The fourth-order valence-electron chi connectivity index (χ4n) is 1.38. The van der Waals surface area contributed by atoms with Crippen LogP contribution in [-0.2, 0) is 9.59 Å². The number of hydrogen-bond acceptors (Lipinski definition) is 4. The van der Waals surface area contributed by atoms with Crippen molar-refractivity contribution in [2.45, 2.75) is 19.9 Å². The molecule has 0 heterocycles. The number of benzene rings is 1. The molecule has 0 saturated heterocycles. The van der Waals surface area contributed by atoms with Crippen molar-refractivity contribution in [2.75, 3.05) is 11.9 Å². The van der Waals surface area contributed by atoms with Crippen molar-refractivity contribution in [3.05, 3.63) is 24.3 Å². The molecule has 0 aliphatic rings. The van der Waals surface area contributed by atoms with Crippen LogP contribution in [0.3, 0.4) is 0 Å². The van der Waals surface area contributed by atoms with Gasteiger partial charge in [0.15, 0.2) is 0 Å². The van der Waals surface area contributed by atoms with Crippen LogP contribution in [0.5, 0.6) is 5.75 Å². The number of nitrogens with one attached hydrogen (secondary N) is 2. The third kappa shape index (κ3) is 5.90. The normalized spacial score (nSPS) is 11.4. The van der Waals surface area contributed by atoms with E-state index in [0.717, 1.165) is 0 Å². The number of hydrogen-bond donors (Lipinski definition) is 4. The number of amides is 2. The van der Waals surface area contributed by atoms with E-state index in [1.807, 2.05) is 13.8 Å². The first kappa shape index (κ1) is 18.2. The molecule has 2 amide bonds. The molecular formula is C13H20ClN3O3. The molecular weight excluding hydrogens is 282 g/mol. The van der Waals surface area contributed by atoms with Gasteiger partial charge in [-0.05, 0) is 18.1 Å². The van der Waals surface area contributed by atoms with Gasteiger partial charge in [-0.15, -0.1) is 12.4 Å².